The summed E-state index contributed by atoms with van der Waals surface area (Å²) in [6, 6.07) is 2.28. The Labute approximate surface area is 101 Å². The maximum Gasteiger partial charge on any atom is 0.0219 e. The van der Waals surface area contributed by atoms with Gasteiger partial charge in [-0.25, -0.2) is 0 Å². The highest BCUT2D eigenvalue weighted by atomic mass is 14.9. The lowest BCUT2D eigenvalue weighted by Crippen LogP contribution is -1.94. The van der Waals surface area contributed by atoms with E-state index in [0.717, 1.165) is 0 Å². The third kappa shape index (κ3) is 5.39. The predicted octanol–water partition coefficient (Wildman–Crippen LogP) is 4.80. The summed E-state index contributed by atoms with van der Waals surface area (Å²) in [6.07, 6.45) is 15.3. The minimum atomic E-state index is 1.20. The molecule has 0 saturated heterocycles. The van der Waals surface area contributed by atoms with Crippen LogP contribution >= 0.6 is 0 Å². The maximum absolute atomic E-state index is 2.36. The Morgan fingerprint density at radius 2 is 1.69 bits per heavy atom. The van der Waals surface area contributed by atoms with Crippen molar-refractivity contribution >= 4 is 0 Å². The Morgan fingerprint density at radius 3 is 2.44 bits per heavy atom. The van der Waals surface area contributed by atoms with Crippen molar-refractivity contribution in [2.24, 2.45) is 0 Å². The zero-order valence-electron chi connectivity index (χ0n) is 11.0. The van der Waals surface area contributed by atoms with E-state index >= 15 is 0 Å². The molecule has 0 aliphatic carbocycles. The van der Waals surface area contributed by atoms with Gasteiger partial charge in [0.15, 0.2) is 0 Å². The molecule has 1 heterocycles. The van der Waals surface area contributed by atoms with Crippen molar-refractivity contribution in [2.75, 3.05) is 0 Å². The fourth-order valence-corrected chi connectivity index (χ4v) is 2.06. The zero-order chi connectivity index (χ0) is 11.6. The number of rotatable bonds is 9. The minimum absolute atomic E-state index is 1.20. The number of hydrogen-bond acceptors (Lipinski definition) is 0. The number of aromatic nitrogens is 1. The van der Waals surface area contributed by atoms with Gasteiger partial charge in [0.1, 0.15) is 0 Å². The van der Waals surface area contributed by atoms with Gasteiger partial charge in [0, 0.05) is 18.9 Å². The lowest BCUT2D eigenvalue weighted by Gasteiger charge is -2.02. The summed E-state index contributed by atoms with van der Waals surface area (Å²) in [7, 11) is 0. The number of unbranched alkanes of at least 4 members (excludes halogenated alkanes) is 5. The molecule has 1 rings (SSSR count). The molecule has 0 unspecified atom stereocenters. The summed E-state index contributed by atoms with van der Waals surface area (Å²) in [5, 5.41) is 0. The Balaban J connectivity index is 2.14. The van der Waals surface area contributed by atoms with Gasteiger partial charge < -0.3 is 4.57 Å². The molecule has 1 aromatic rings. The van der Waals surface area contributed by atoms with Gasteiger partial charge in [-0.1, -0.05) is 46.0 Å². The van der Waals surface area contributed by atoms with Crippen LogP contribution in [0.2, 0.25) is 0 Å². The topological polar surface area (TPSA) is 4.93 Å². The maximum atomic E-state index is 2.36. The molecule has 0 bridgehead atoms. The van der Waals surface area contributed by atoms with Crippen LogP contribution in [-0.2, 0) is 13.0 Å². The van der Waals surface area contributed by atoms with Crippen LogP contribution in [0.25, 0.3) is 0 Å². The third-order valence-corrected chi connectivity index (χ3v) is 3.15. The van der Waals surface area contributed by atoms with Crippen LogP contribution in [0.3, 0.4) is 0 Å². The number of nitrogens with zero attached hydrogens (tertiary/aromatic N) is 1. The molecule has 0 aliphatic rings. The lowest BCUT2D eigenvalue weighted by molar-refractivity contribution is 0.569. The van der Waals surface area contributed by atoms with E-state index in [2.05, 4.69) is 36.9 Å². The van der Waals surface area contributed by atoms with Gasteiger partial charge in [0.25, 0.3) is 0 Å². The smallest absolute Gasteiger partial charge is 0.0219 e. The standard InChI is InChI=1S/C15H27N/c1-3-5-7-8-9-12-16-13-11-15(14-16)10-6-4-2/h11,13-14H,3-10,12H2,1-2H3. The van der Waals surface area contributed by atoms with Crippen LogP contribution in [0, 0.1) is 0 Å². The normalized spacial score (nSPS) is 10.9. The SMILES string of the molecule is CCCCCCCn1ccc(CCCC)c1. The molecule has 0 atom stereocenters. The summed E-state index contributed by atoms with van der Waals surface area (Å²) >= 11 is 0. The molecule has 0 aromatic carbocycles. The lowest BCUT2D eigenvalue weighted by atomic mass is 10.1. The average molecular weight is 221 g/mol. The second-order valence-corrected chi connectivity index (χ2v) is 4.78. The van der Waals surface area contributed by atoms with E-state index in [9.17, 15) is 0 Å². The van der Waals surface area contributed by atoms with Crippen LogP contribution in [0.1, 0.15) is 64.4 Å². The molecule has 16 heavy (non-hydrogen) atoms. The molecule has 0 radical (unpaired) electrons. The van der Waals surface area contributed by atoms with E-state index in [1.165, 1.54) is 63.5 Å². The number of aryl methyl sites for hydroxylation is 2. The first kappa shape index (κ1) is 13.3. The van der Waals surface area contributed by atoms with Crippen LogP contribution < -0.4 is 0 Å². The fourth-order valence-electron chi connectivity index (χ4n) is 2.06. The molecule has 0 aliphatic heterocycles. The molecule has 0 saturated carbocycles. The van der Waals surface area contributed by atoms with Crippen molar-refractivity contribution in [3.05, 3.63) is 24.0 Å². The van der Waals surface area contributed by atoms with Crippen molar-refractivity contribution < 1.29 is 0 Å². The largest absolute Gasteiger partial charge is 0.354 e. The highest BCUT2D eigenvalue weighted by Crippen LogP contribution is 2.09. The van der Waals surface area contributed by atoms with Crippen molar-refractivity contribution in [3.8, 4) is 0 Å². The molecular weight excluding hydrogens is 194 g/mol. The summed E-state index contributed by atoms with van der Waals surface area (Å²) in [6.45, 7) is 5.73. The predicted molar refractivity (Wildman–Crippen MR) is 71.8 cm³/mol. The van der Waals surface area contributed by atoms with Crippen molar-refractivity contribution in [2.45, 2.75) is 71.8 Å². The summed E-state index contributed by atoms with van der Waals surface area (Å²) in [5.74, 6) is 0. The average Bonchev–Trinajstić information content (AvgIpc) is 2.74. The zero-order valence-corrected chi connectivity index (χ0v) is 11.0. The van der Waals surface area contributed by atoms with Crippen molar-refractivity contribution in [1.82, 2.24) is 4.57 Å². The van der Waals surface area contributed by atoms with Crippen molar-refractivity contribution in [1.29, 1.82) is 0 Å². The first-order valence-corrected chi connectivity index (χ1v) is 7.01. The van der Waals surface area contributed by atoms with E-state index in [1.807, 2.05) is 0 Å². The van der Waals surface area contributed by atoms with Crippen molar-refractivity contribution in [3.63, 3.8) is 0 Å². The highest BCUT2D eigenvalue weighted by Gasteiger charge is 1.96. The van der Waals surface area contributed by atoms with Crippen LogP contribution in [0.15, 0.2) is 18.5 Å². The van der Waals surface area contributed by atoms with Gasteiger partial charge >= 0.3 is 0 Å². The Kier molecular flexibility index (Phi) is 7.03. The van der Waals surface area contributed by atoms with Gasteiger partial charge in [-0.05, 0) is 30.9 Å². The van der Waals surface area contributed by atoms with E-state index < -0.39 is 0 Å². The Morgan fingerprint density at radius 1 is 0.938 bits per heavy atom. The fraction of sp³-hybridized carbons (Fsp3) is 0.733. The van der Waals surface area contributed by atoms with E-state index in [-0.39, 0.29) is 0 Å². The highest BCUT2D eigenvalue weighted by molar-refractivity contribution is 5.10. The van der Waals surface area contributed by atoms with E-state index in [4.69, 9.17) is 0 Å². The Hall–Kier alpha value is -0.720. The van der Waals surface area contributed by atoms with Crippen LogP contribution in [0.5, 0.6) is 0 Å². The van der Waals surface area contributed by atoms with E-state index in [1.54, 1.807) is 0 Å². The molecule has 0 spiro atoms. The van der Waals surface area contributed by atoms with Crippen LogP contribution in [-0.4, -0.2) is 4.57 Å². The first-order valence-electron chi connectivity index (χ1n) is 7.01. The molecule has 92 valence electrons. The molecular formula is C15H27N. The summed E-state index contributed by atoms with van der Waals surface area (Å²) in [4.78, 5) is 0. The van der Waals surface area contributed by atoms with Gasteiger partial charge in [0.05, 0.1) is 0 Å². The minimum Gasteiger partial charge on any atom is -0.354 e. The van der Waals surface area contributed by atoms with Gasteiger partial charge in [-0.15, -0.1) is 0 Å². The molecule has 1 aromatic heterocycles. The van der Waals surface area contributed by atoms with E-state index in [0.29, 0.717) is 0 Å². The summed E-state index contributed by atoms with van der Waals surface area (Å²) < 4.78 is 2.36. The van der Waals surface area contributed by atoms with Gasteiger partial charge in [-0.3, -0.25) is 0 Å². The third-order valence-electron chi connectivity index (χ3n) is 3.15. The molecule has 0 N–H and O–H groups in total. The second kappa shape index (κ2) is 8.43. The molecule has 1 heteroatoms. The molecule has 1 nitrogen and oxygen atoms in total. The Bertz CT molecular complexity index is 262. The summed E-state index contributed by atoms with van der Waals surface area (Å²) in [5.41, 5.74) is 1.51. The molecule has 0 amide bonds. The monoisotopic (exact) mass is 221 g/mol. The van der Waals surface area contributed by atoms with Gasteiger partial charge in [-0.2, -0.15) is 0 Å². The molecule has 0 fully saturated rings. The quantitative estimate of drug-likeness (QED) is 0.528. The van der Waals surface area contributed by atoms with Crippen LogP contribution in [0.4, 0.5) is 0 Å². The van der Waals surface area contributed by atoms with Gasteiger partial charge in [0.2, 0.25) is 0 Å². The number of hydrogen-bond donors (Lipinski definition) is 0. The second-order valence-electron chi connectivity index (χ2n) is 4.78. The first-order chi connectivity index (χ1) is 7.86.